The fraction of sp³-hybridized carbons (Fsp3) is 0.615. The first-order chi connectivity index (χ1) is 12.5. The minimum Gasteiger partial charge on any atom is -0.106 e. The van der Waals surface area contributed by atoms with Gasteiger partial charge in [-0.25, -0.2) is 0 Å². The summed E-state index contributed by atoms with van der Waals surface area (Å²) < 4.78 is 0. The van der Waals surface area contributed by atoms with E-state index in [1.54, 1.807) is 11.1 Å². The summed E-state index contributed by atoms with van der Waals surface area (Å²) in [6.07, 6.45) is 13.8. The van der Waals surface area contributed by atoms with Crippen LogP contribution >= 0.6 is 9.24 Å². The molecule has 148 valence electrons. The second-order valence-corrected chi connectivity index (χ2v) is 11.6. The van der Waals surface area contributed by atoms with Gasteiger partial charge in [-0.15, -0.1) is 9.24 Å². The molecule has 2 aliphatic carbocycles. The molecule has 0 spiro atoms. The molecule has 0 fully saturated rings. The van der Waals surface area contributed by atoms with Gasteiger partial charge in [0.15, 0.2) is 0 Å². The molecule has 2 aliphatic rings. The Balaban J connectivity index is 1.77. The Labute approximate surface area is 170 Å². The van der Waals surface area contributed by atoms with E-state index < -0.39 is 0 Å². The fourth-order valence-corrected chi connectivity index (χ4v) is 5.17. The van der Waals surface area contributed by atoms with Crippen LogP contribution in [0, 0.1) is 16.7 Å². The van der Waals surface area contributed by atoms with Crippen LogP contribution in [-0.4, -0.2) is 0 Å². The van der Waals surface area contributed by atoms with Crippen molar-refractivity contribution in [1.82, 2.24) is 0 Å². The van der Waals surface area contributed by atoms with Crippen LogP contribution < -0.4 is 5.30 Å². The van der Waals surface area contributed by atoms with Crippen LogP contribution in [0.15, 0.2) is 42.0 Å². The predicted molar refractivity (Wildman–Crippen MR) is 124 cm³/mol. The van der Waals surface area contributed by atoms with E-state index in [-0.39, 0.29) is 0 Å². The first kappa shape index (κ1) is 20.9. The van der Waals surface area contributed by atoms with Gasteiger partial charge in [0.2, 0.25) is 0 Å². The second-order valence-electron chi connectivity index (χ2n) is 10.9. The molecule has 0 aromatic heterocycles. The molecule has 4 atom stereocenters. The third kappa shape index (κ3) is 5.14. The monoisotopic (exact) mass is 382 g/mol. The van der Waals surface area contributed by atoms with Gasteiger partial charge in [-0.3, -0.25) is 0 Å². The fourth-order valence-electron chi connectivity index (χ4n) is 4.79. The number of benzene rings is 1. The molecule has 4 unspecified atom stereocenters. The molecule has 0 nitrogen and oxygen atoms in total. The van der Waals surface area contributed by atoms with E-state index >= 15 is 0 Å². The summed E-state index contributed by atoms with van der Waals surface area (Å²) in [4.78, 5) is 0. The average Bonchev–Trinajstić information content (AvgIpc) is 2.60. The largest absolute Gasteiger partial charge is 0.106 e. The highest BCUT2D eigenvalue weighted by Gasteiger charge is 2.27. The van der Waals surface area contributed by atoms with Crippen molar-refractivity contribution in [2.24, 2.45) is 16.7 Å². The molecule has 1 heteroatoms. The van der Waals surface area contributed by atoms with E-state index in [1.165, 1.54) is 43.0 Å². The Morgan fingerprint density at radius 3 is 2.07 bits per heavy atom. The Kier molecular flexibility index (Phi) is 6.08. The van der Waals surface area contributed by atoms with Crippen LogP contribution in [0.1, 0.15) is 96.6 Å². The van der Waals surface area contributed by atoms with Crippen LogP contribution in [0.3, 0.4) is 0 Å². The predicted octanol–water partition coefficient (Wildman–Crippen LogP) is 7.52. The normalized spacial score (nSPS) is 26.8. The Hall–Kier alpha value is -0.870. The number of rotatable bonds is 2. The number of hydrogen-bond acceptors (Lipinski definition) is 0. The Morgan fingerprint density at radius 2 is 1.56 bits per heavy atom. The van der Waals surface area contributed by atoms with Crippen molar-refractivity contribution in [3.05, 3.63) is 53.1 Å². The lowest BCUT2D eigenvalue weighted by Gasteiger charge is -2.33. The van der Waals surface area contributed by atoms with Crippen molar-refractivity contribution in [2.45, 2.75) is 85.5 Å². The first-order valence-electron chi connectivity index (χ1n) is 10.8. The quantitative estimate of drug-likeness (QED) is 0.366. The molecule has 0 aliphatic heterocycles. The van der Waals surface area contributed by atoms with Crippen LogP contribution in [0.2, 0.25) is 0 Å². The van der Waals surface area contributed by atoms with E-state index in [4.69, 9.17) is 0 Å². The molecule has 1 aromatic carbocycles. The second kappa shape index (κ2) is 7.87. The molecule has 0 heterocycles. The highest BCUT2D eigenvalue weighted by atomic mass is 31.0. The van der Waals surface area contributed by atoms with Crippen molar-refractivity contribution < 1.29 is 0 Å². The van der Waals surface area contributed by atoms with Gasteiger partial charge in [0.25, 0.3) is 0 Å². The lowest BCUT2D eigenvalue weighted by Crippen LogP contribution is -2.22. The molecule has 0 bridgehead atoms. The minimum absolute atomic E-state index is 0.328. The maximum atomic E-state index is 2.95. The van der Waals surface area contributed by atoms with E-state index in [1.807, 2.05) is 0 Å². The topological polar surface area (TPSA) is 0 Å². The molecule has 0 N–H and O–H groups in total. The summed E-state index contributed by atoms with van der Waals surface area (Å²) >= 11 is 0. The van der Waals surface area contributed by atoms with E-state index in [9.17, 15) is 0 Å². The molecular weight excluding hydrogens is 343 g/mol. The molecule has 0 amide bonds. The maximum absolute atomic E-state index is 2.95. The zero-order chi connectivity index (χ0) is 19.8. The first-order valence-corrected chi connectivity index (χ1v) is 11.4. The van der Waals surface area contributed by atoms with Crippen LogP contribution in [0.25, 0.3) is 0 Å². The third-order valence-electron chi connectivity index (χ3n) is 6.75. The van der Waals surface area contributed by atoms with Crippen molar-refractivity contribution in [3.63, 3.8) is 0 Å². The van der Waals surface area contributed by atoms with Crippen LogP contribution in [0.5, 0.6) is 0 Å². The minimum atomic E-state index is 0.328. The molecule has 27 heavy (non-hydrogen) atoms. The van der Waals surface area contributed by atoms with Crippen molar-refractivity contribution in [3.8, 4) is 0 Å². The number of hydrogen-bond donors (Lipinski definition) is 0. The maximum Gasteiger partial charge on any atom is 0.00186 e. The smallest absolute Gasteiger partial charge is 0.00186 e. The zero-order valence-electron chi connectivity index (χ0n) is 18.3. The standard InChI is InChI=1S/C26H39P/c1-25(2,3)22-11-7-18(8-12-22)20-15-21(17-24(27)16-20)19-9-13-23(14-10-19)26(4,5)6/h7,11,13,15-19,22H,8-10,12,14,27H2,1-6H3. The molecule has 0 radical (unpaired) electrons. The number of allylic oxidation sites excluding steroid dienone is 4. The van der Waals surface area contributed by atoms with Gasteiger partial charge in [-0.05, 0) is 71.2 Å². The Morgan fingerprint density at radius 1 is 0.852 bits per heavy atom. The van der Waals surface area contributed by atoms with Gasteiger partial charge >= 0.3 is 0 Å². The zero-order valence-corrected chi connectivity index (χ0v) is 19.5. The van der Waals surface area contributed by atoms with Gasteiger partial charge in [0, 0.05) is 5.92 Å². The lowest BCUT2D eigenvalue weighted by molar-refractivity contribution is 0.262. The molecular formula is C26H39P. The summed E-state index contributed by atoms with van der Waals surface area (Å²) in [6, 6.07) is 7.31. The van der Waals surface area contributed by atoms with Crippen molar-refractivity contribution in [2.75, 3.05) is 0 Å². The highest BCUT2D eigenvalue weighted by Crippen LogP contribution is 2.41. The van der Waals surface area contributed by atoms with E-state index in [0.717, 1.165) is 0 Å². The van der Waals surface area contributed by atoms with Crippen molar-refractivity contribution >= 4 is 14.5 Å². The summed E-state index contributed by atoms with van der Waals surface area (Å²) in [6.45, 7) is 14.1. The van der Waals surface area contributed by atoms with Crippen molar-refractivity contribution in [1.29, 1.82) is 0 Å². The molecule has 1 aromatic rings. The summed E-state index contributed by atoms with van der Waals surface area (Å²) in [5.74, 6) is 1.99. The van der Waals surface area contributed by atoms with E-state index in [2.05, 4.69) is 87.2 Å². The average molecular weight is 383 g/mol. The molecule has 3 rings (SSSR count). The van der Waals surface area contributed by atoms with Gasteiger partial charge < -0.3 is 0 Å². The van der Waals surface area contributed by atoms with Gasteiger partial charge in [-0.1, -0.05) is 83.5 Å². The van der Waals surface area contributed by atoms with Gasteiger partial charge in [0.05, 0.1) is 0 Å². The molecule has 0 saturated carbocycles. The Bertz CT molecular complexity index is 724. The SMILES string of the molecule is CC(C)(C)C1=CCC(c2cc(P)cc(C3C=CC(C(C)(C)C)CC3)c2)CC1. The van der Waals surface area contributed by atoms with Crippen LogP contribution in [-0.2, 0) is 0 Å². The summed E-state index contributed by atoms with van der Waals surface area (Å²) in [5.41, 5.74) is 5.42. The molecule has 0 saturated heterocycles. The van der Waals surface area contributed by atoms with E-state index in [0.29, 0.717) is 28.6 Å². The lowest BCUT2D eigenvalue weighted by atomic mass is 9.72. The third-order valence-corrected chi connectivity index (χ3v) is 7.08. The summed E-state index contributed by atoms with van der Waals surface area (Å²) in [7, 11) is 2.95. The van der Waals surface area contributed by atoms with Crippen LogP contribution in [0.4, 0.5) is 0 Å². The van der Waals surface area contributed by atoms with Gasteiger partial charge in [-0.2, -0.15) is 0 Å². The summed E-state index contributed by atoms with van der Waals surface area (Å²) in [5, 5.41) is 1.35. The highest BCUT2D eigenvalue weighted by molar-refractivity contribution is 7.27. The van der Waals surface area contributed by atoms with Gasteiger partial charge in [0.1, 0.15) is 0 Å².